The smallest absolute Gasteiger partial charge is 0.279 e. The highest BCUT2D eigenvalue weighted by Crippen LogP contribution is 2.22. The average molecular weight is 350 g/mol. The highest BCUT2D eigenvalue weighted by molar-refractivity contribution is 6.02. The first-order valence-electron chi connectivity index (χ1n) is 8.34. The van der Waals surface area contributed by atoms with Crippen molar-refractivity contribution in [1.29, 1.82) is 0 Å². The Balaban J connectivity index is 1.99. The van der Waals surface area contributed by atoms with Gasteiger partial charge < -0.3 is 14.8 Å². The van der Waals surface area contributed by atoms with Gasteiger partial charge in [0.2, 0.25) is 0 Å². The highest BCUT2D eigenvalue weighted by Gasteiger charge is 2.19. The predicted molar refractivity (Wildman–Crippen MR) is 92.3 cm³/mol. The largest absolute Gasteiger partial charge is 0.351 e. The summed E-state index contributed by atoms with van der Waals surface area (Å²) < 4.78 is 12.4. The van der Waals surface area contributed by atoms with Crippen molar-refractivity contribution >= 4 is 11.7 Å². The Bertz CT molecular complexity index is 682. The van der Waals surface area contributed by atoms with Crippen molar-refractivity contribution in [3.05, 3.63) is 23.7 Å². The standard InChI is InChI=1S/C16H26N6O3/c1-6-24-14(25-7-2)10-22-9-11(18-21-22)15(23)17-13-8-12(19-20-13)16(3,4)5/h8-9,14H,6-7,10H2,1-5H3,(H2,17,19,20,23). The zero-order chi connectivity index (χ0) is 18.4. The molecule has 0 radical (unpaired) electrons. The first kappa shape index (κ1) is 19.1. The van der Waals surface area contributed by atoms with Crippen LogP contribution in [0.3, 0.4) is 0 Å². The fourth-order valence-electron chi connectivity index (χ4n) is 2.12. The first-order valence-corrected chi connectivity index (χ1v) is 8.34. The van der Waals surface area contributed by atoms with Gasteiger partial charge in [0.15, 0.2) is 17.8 Å². The number of ether oxygens (including phenoxy) is 2. The van der Waals surface area contributed by atoms with Crippen LogP contribution >= 0.6 is 0 Å². The molecule has 0 fully saturated rings. The second kappa shape index (κ2) is 8.21. The summed E-state index contributed by atoms with van der Waals surface area (Å²) in [5.74, 6) is 0.0774. The van der Waals surface area contributed by atoms with Crippen molar-refractivity contribution in [1.82, 2.24) is 25.2 Å². The molecule has 0 aliphatic rings. The second-order valence-corrected chi connectivity index (χ2v) is 6.54. The molecule has 2 rings (SSSR count). The van der Waals surface area contributed by atoms with Gasteiger partial charge in [0, 0.05) is 30.4 Å². The van der Waals surface area contributed by atoms with Gasteiger partial charge in [0.25, 0.3) is 5.91 Å². The van der Waals surface area contributed by atoms with E-state index in [2.05, 4.69) is 46.6 Å². The molecule has 0 saturated heterocycles. The van der Waals surface area contributed by atoms with Crippen LogP contribution in [0.4, 0.5) is 5.82 Å². The second-order valence-electron chi connectivity index (χ2n) is 6.54. The van der Waals surface area contributed by atoms with E-state index in [1.54, 1.807) is 6.20 Å². The van der Waals surface area contributed by atoms with Crippen LogP contribution in [0.25, 0.3) is 0 Å². The lowest BCUT2D eigenvalue weighted by molar-refractivity contribution is -0.145. The van der Waals surface area contributed by atoms with E-state index >= 15 is 0 Å². The molecule has 25 heavy (non-hydrogen) atoms. The molecule has 2 aromatic rings. The van der Waals surface area contributed by atoms with Crippen molar-refractivity contribution in [2.75, 3.05) is 18.5 Å². The van der Waals surface area contributed by atoms with Crippen molar-refractivity contribution in [2.45, 2.75) is 52.9 Å². The highest BCUT2D eigenvalue weighted by atomic mass is 16.7. The maximum absolute atomic E-state index is 12.3. The minimum absolute atomic E-state index is 0.0767. The molecule has 0 spiro atoms. The van der Waals surface area contributed by atoms with E-state index in [9.17, 15) is 4.79 Å². The SMILES string of the molecule is CCOC(Cn1cc(C(=O)Nc2cc(C(C)(C)C)[nH]n2)nn1)OCC. The van der Waals surface area contributed by atoms with E-state index < -0.39 is 6.29 Å². The molecule has 0 bridgehead atoms. The molecular formula is C16H26N6O3. The van der Waals surface area contributed by atoms with Crippen LogP contribution in [-0.2, 0) is 21.4 Å². The molecule has 2 N–H and O–H groups in total. The Kier molecular flexibility index (Phi) is 6.27. The Hall–Kier alpha value is -2.26. The van der Waals surface area contributed by atoms with Crippen LogP contribution in [0.2, 0.25) is 0 Å². The number of carbonyl (C=O) groups excluding carboxylic acids is 1. The van der Waals surface area contributed by atoms with E-state index in [0.717, 1.165) is 5.69 Å². The van der Waals surface area contributed by atoms with Crippen molar-refractivity contribution in [3.63, 3.8) is 0 Å². The maximum Gasteiger partial charge on any atom is 0.279 e. The maximum atomic E-state index is 12.3. The zero-order valence-corrected chi connectivity index (χ0v) is 15.4. The summed E-state index contributed by atoms with van der Waals surface area (Å²) in [6, 6.07) is 1.81. The lowest BCUT2D eigenvalue weighted by atomic mass is 9.92. The molecular weight excluding hydrogens is 324 g/mol. The molecule has 0 unspecified atom stereocenters. The Morgan fingerprint density at radius 1 is 1.32 bits per heavy atom. The number of carbonyl (C=O) groups is 1. The van der Waals surface area contributed by atoms with Crippen LogP contribution < -0.4 is 5.32 Å². The van der Waals surface area contributed by atoms with E-state index in [1.807, 2.05) is 19.9 Å². The van der Waals surface area contributed by atoms with E-state index in [0.29, 0.717) is 25.6 Å². The topological polar surface area (TPSA) is 107 Å². The number of amides is 1. The van der Waals surface area contributed by atoms with Gasteiger partial charge in [-0.05, 0) is 13.8 Å². The predicted octanol–water partition coefficient (Wildman–Crippen LogP) is 1.95. The summed E-state index contributed by atoms with van der Waals surface area (Å²) >= 11 is 0. The van der Waals surface area contributed by atoms with E-state index in [4.69, 9.17) is 9.47 Å². The summed E-state index contributed by atoms with van der Waals surface area (Å²) in [5, 5.41) is 17.6. The van der Waals surface area contributed by atoms with Gasteiger partial charge >= 0.3 is 0 Å². The quantitative estimate of drug-likeness (QED) is 0.705. The average Bonchev–Trinajstić information content (AvgIpc) is 3.16. The lowest BCUT2D eigenvalue weighted by Gasteiger charge is -2.16. The minimum Gasteiger partial charge on any atom is -0.351 e. The van der Waals surface area contributed by atoms with Gasteiger partial charge in [-0.25, -0.2) is 4.68 Å². The Labute approximate surface area is 147 Å². The number of hydrogen-bond acceptors (Lipinski definition) is 6. The number of nitrogens with one attached hydrogen (secondary N) is 2. The van der Waals surface area contributed by atoms with Gasteiger partial charge in [-0.2, -0.15) is 5.10 Å². The van der Waals surface area contributed by atoms with Crippen molar-refractivity contribution < 1.29 is 14.3 Å². The molecule has 0 saturated carbocycles. The van der Waals surface area contributed by atoms with Gasteiger partial charge in [-0.3, -0.25) is 9.89 Å². The molecule has 0 atom stereocenters. The minimum atomic E-state index is -0.423. The normalized spacial score (nSPS) is 11.9. The summed E-state index contributed by atoms with van der Waals surface area (Å²) in [7, 11) is 0. The molecule has 0 aliphatic heterocycles. The molecule has 0 aliphatic carbocycles. The number of rotatable bonds is 8. The number of aromatic nitrogens is 5. The number of hydrogen-bond donors (Lipinski definition) is 2. The molecule has 2 aromatic heterocycles. The van der Waals surface area contributed by atoms with Gasteiger partial charge in [-0.1, -0.05) is 26.0 Å². The molecule has 9 nitrogen and oxygen atoms in total. The fourth-order valence-corrected chi connectivity index (χ4v) is 2.12. The fraction of sp³-hybridized carbons (Fsp3) is 0.625. The summed E-state index contributed by atoms with van der Waals surface area (Å²) in [6.45, 7) is 11.4. The number of H-pyrrole nitrogens is 1. The number of anilines is 1. The van der Waals surface area contributed by atoms with Crippen LogP contribution in [0.15, 0.2) is 12.3 Å². The molecule has 2 heterocycles. The Morgan fingerprint density at radius 3 is 2.56 bits per heavy atom. The monoisotopic (exact) mass is 350 g/mol. The molecule has 9 heteroatoms. The lowest BCUT2D eigenvalue weighted by Crippen LogP contribution is -2.24. The molecule has 1 amide bonds. The van der Waals surface area contributed by atoms with Crippen molar-refractivity contribution in [2.24, 2.45) is 0 Å². The summed E-state index contributed by atoms with van der Waals surface area (Å²) in [6.07, 6.45) is 1.13. The summed E-state index contributed by atoms with van der Waals surface area (Å²) in [4.78, 5) is 12.3. The molecule has 0 aromatic carbocycles. The molecule has 138 valence electrons. The third kappa shape index (κ3) is 5.36. The van der Waals surface area contributed by atoms with E-state index in [-0.39, 0.29) is 17.0 Å². The number of nitrogens with zero attached hydrogens (tertiary/aromatic N) is 4. The van der Waals surface area contributed by atoms with Crippen molar-refractivity contribution in [3.8, 4) is 0 Å². The summed E-state index contributed by atoms with van der Waals surface area (Å²) in [5.41, 5.74) is 1.06. The Morgan fingerprint density at radius 2 is 2.00 bits per heavy atom. The van der Waals surface area contributed by atoms with Crippen LogP contribution in [-0.4, -0.2) is 50.6 Å². The third-order valence-corrected chi connectivity index (χ3v) is 3.44. The first-order chi connectivity index (χ1) is 11.8. The van der Waals surface area contributed by atoms with Crippen LogP contribution in [0.1, 0.15) is 50.8 Å². The van der Waals surface area contributed by atoms with Crippen LogP contribution in [0, 0.1) is 0 Å². The van der Waals surface area contributed by atoms with Gasteiger partial charge in [0.1, 0.15) is 0 Å². The number of aromatic amines is 1. The van der Waals surface area contributed by atoms with E-state index in [1.165, 1.54) is 4.68 Å². The van der Waals surface area contributed by atoms with Crippen LogP contribution in [0.5, 0.6) is 0 Å². The van der Waals surface area contributed by atoms with Gasteiger partial charge in [-0.15, -0.1) is 5.10 Å². The third-order valence-electron chi connectivity index (χ3n) is 3.44. The van der Waals surface area contributed by atoms with Gasteiger partial charge in [0.05, 0.1) is 12.7 Å². The zero-order valence-electron chi connectivity index (χ0n) is 15.4.